The fraction of sp³-hybridized carbons (Fsp3) is 0.231. The summed E-state index contributed by atoms with van der Waals surface area (Å²) in [6, 6.07) is 14.8. The summed E-state index contributed by atoms with van der Waals surface area (Å²) in [6.07, 6.45) is 1.34. The van der Waals surface area contributed by atoms with Crippen LogP contribution in [-0.4, -0.2) is 39.3 Å². The fourth-order valence-corrected chi connectivity index (χ4v) is 6.47. The van der Waals surface area contributed by atoms with Gasteiger partial charge in [-0.3, -0.25) is 14.4 Å². The molecule has 3 aromatic carbocycles. The van der Waals surface area contributed by atoms with Gasteiger partial charge >= 0.3 is 0 Å². The molecule has 0 fully saturated rings. The predicted molar refractivity (Wildman–Crippen MR) is 154 cm³/mol. The zero-order chi connectivity index (χ0) is 27.4. The molecule has 38 heavy (non-hydrogen) atoms. The zero-order valence-electron chi connectivity index (χ0n) is 20.8. The summed E-state index contributed by atoms with van der Waals surface area (Å²) in [5.41, 5.74) is 1.73. The third-order valence-corrected chi connectivity index (χ3v) is 8.52. The number of anilines is 3. The van der Waals surface area contributed by atoms with Gasteiger partial charge in [0.05, 0.1) is 52.1 Å². The van der Waals surface area contributed by atoms with E-state index >= 15 is 0 Å². The van der Waals surface area contributed by atoms with E-state index in [1.54, 1.807) is 48.5 Å². The largest absolute Gasteiger partial charge is 0.493 e. The number of methoxy groups -OCH3 is 2. The smallest absolute Gasteiger partial charge is 0.266 e. The van der Waals surface area contributed by atoms with E-state index in [4.69, 9.17) is 32.7 Å². The second-order valence-electron chi connectivity index (χ2n) is 8.26. The molecule has 0 saturated heterocycles. The van der Waals surface area contributed by atoms with Gasteiger partial charge in [0.1, 0.15) is 0 Å². The van der Waals surface area contributed by atoms with Gasteiger partial charge in [0, 0.05) is 11.1 Å². The van der Waals surface area contributed by atoms with E-state index in [1.807, 2.05) is 6.92 Å². The average Bonchev–Trinajstić information content (AvgIpc) is 3.29. The first-order chi connectivity index (χ1) is 18.2. The van der Waals surface area contributed by atoms with Gasteiger partial charge in [0.15, 0.2) is 16.6 Å². The number of benzene rings is 3. The lowest BCUT2D eigenvalue weighted by Crippen LogP contribution is -2.26. The minimum absolute atomic E-state index is 0.0406. The van der Waals surface area contributed by atoms with E-state index in [-0.39, 0.29) is 16.3 Å². The molecule has 1 aromatic heterocycles. The van der Waals surface area contributed by atoms with Crippen molar-refractivity contribution in [2.75, 3.05) is 29.6 Å². The van der Waals surface area contributed by atoms with Crippen molar-refractivity contribution >= 4 is 77.2 Å². The molecule has 0 bridgehead atoms. The summed E-state index contributed by atoms with van der Waals surface area (Å²) in [7, 11) is -0.444. The topological polar surface area (TPSA) is 97.8 Å². The summed E-state index contributed by atoms with van der Waals surface area (Å²) in [5, 5.41) is 0.949. The van der Waals surface area contributed by atoms with Crippen LogP contribution in [0.1, 0.15) is 30.1 Å². The quantitative estimate of drug-likeness (QED) is 0.210. The van der Waals surface area contributed by atoms with Crippen LogP contribution in [0.25, 0.3) is 10.2 Å². The highest BCUT2D eigenvalue weighted by molar-refractivity contribution is 7.92. The summed E-state index contributed by atoms with van der Waals surface area (Å²) in [4.78, 5) is 20.0. The number of rotatable bonds is 10. The van der Waals surface area contributed by atoms with Crippen molar-refractivity contribution in [3.05, 3.63) is 70.2 Å². The summed E-state index contributed by atoms with van der Waals surface area (Å²) >= 11 is 13.7. The van der Waals surface area contributed by atoms with Crippen molar-refractivity contribution in [3.63, 3.8) is 0 Å². The van der Waals surface area contributed by atoms with Crippen LogP contribution in [0.2, 0.25) is 10.0 Å². The van der Waals surface area contributed by atoms with Crippen LogP contribution < -0.4 is 19.1 Å². The Labute approximate surface area is 235 Å². The maximum atomic E-state index is 13.9. The number of hydrogen-bond donors (Lipinski definition) is 1. The Hall–Kier alpha value is -3.05. The number of nitrogens with zero attached hydrogens (tertiary/aromatic N) is 2. The molecule has 1 N–H and O–H groups in total. The van der Waals surface area contributed by atoms with E-state index in [1.165, 1.54) is 36.5 Å². The third-order valence-electron chi connectivity index (χ3n) is 5.60. The monoisotopic (exact) mass is 593 g/mol. The number of fused-ring (bicyclic) bond motifs is 1. The second kappa shape index (κ2) is 11.8. The number of nitrogens with one attached hydrogen (secondary N) is 1. The molecule has 200 valence electrons. The predicted octanol–water partition coefficient (Wildman–Crippen LogP) is 7.14. The Balaban J connectivity index is 1.80. The Morgan fingerprint density at radius 3 is 2.47 bits per heavy atom. The number of carbonyl (C=O) groups excluding carboxylic acids is 1. The second-order valence-corrected chi connectivity index (χ2v) is 12.0. The van der Waals surface area contributed by atoms with Gasteiger partial charge in [0.2, 0.25) is 10.0 Å². The van der Waals surface area contributed by atoms with Crippen molar-refractivity contribution in [2.45, 2.75) is 19.8 Å². The molecule has 4 rings (SSSR count). The number of thiazole rings is 1. The SMILES string of the molecule is CCCCS(=O)(=O)Nc1ccc2nc(N(C(=O)c3ccc(Cl)cc3Cl)c3ccc(OC)c(OC)c3)sc2c1. The number of sulfonamides is 1. The average molecular weight is 595 g/mol. The Morgan fingerprint density at radius 2 is 1.79 bits per heavy atom. The summed E-state index contributed by atoms with van der Waals surface area (Å²) in [5.74, 6) is 0.532. The van der Waals surface area contributed by atoms with Crippen molar-refractivity contribution in [3.8, 4) is 11.5 Å². The van der Waals surface area contributed by atoms with E-state index in [0.717, 1.165) is 6.42 Å². The van der Waals surface area contributed by atoms with Crippen LogP contribution in [0.5, 0.6) is 11.5 Å². The molecule has 0 aliphatic carbocycles. The van der Waals surface area contributed by atoms with E-state index < -0.39 is 15.9 Å². The molecule has 0 aliphatic rings. The summed E-state index contributed by atoms with van der Waals surface area (Å²) < 4.78 is 38.9. The Morgan fingerprint density at radius 1 is 1.03 bits per heavy atom. The highest BCUT2D eigenvalue weighted by atomic mass is 35.5. The van der Waals surface area contributed by atoms with Crippen LogP contribution >= 0.6 is 34.5 Å². The van der Waals surface area contributed by atoms with Gasteiger partial charge < -0.3 is 9.47 Å². The van der Waals surface area contributed by atoms with Crippen LogP contribution in [0.3, 0.4) is 0 Å². The van der Waals surface area contributed by atoms with Gasteiger partial charge in [-0.1, -0.05) is 47.9 Å². The number of amides is 1. The minimum atomic E-state index is -3.47. The highest BCUT2D eigenvalue weighted by Gasteiger charge is 2.26. The molecule has 0 radical (unpaired) electrons. The van der Waals surface area contributed by atoms with Crippen LogP contribution in [0, 0.1) is 0 Å². The third kappa shape index (κ3) is 6.15. The van der Waals surface area contributed by atoms with Gasteiger partial charge in [0.25, 0.3) is 5.91 Å². The standard InChI is InChI=1S/C26H25Cl2N3O5S2/c1-4-5-12-38(33,34)30-17-7-10-21-24(14-17)37-26(29-21)31(18-8-11-22(35-2)23(15-18)36-3)25(32)19-9-6-16(27)13-20(19)28/h6-11,13-15,30H,4-5,12H2,1-3H3. The molecule has 4 aromatic rings. The van der Waals surface area contributed by atoms with Crippen LogP contribution in [0.4, 0.5) is 16.5 Å². The molecule has 1 heterocycles. The number of hydrogen-bond acceptors (Lipinski definition) is 7. The molecule has 0 saturated carbocycles. The number of ether oxygens (including phenoxy) is 2. The van der Waals surface area contributed by atoms with Gasteiger partial charge in [-0.2, -0.15) is 0 Å². The van der Waals surface area contributed by atoms with Crippen molar-refractivity contribution in [1.29, 1.82) is 0 Å². The fourth-order valence-electron chi connectivity index (χ4n) is 3.70. The van der Waals surface area contributed by atoms with E-state index in [2.05, 4.69) is 9.71 Å². The lowest BCUT2D eigenvalue weighted by Gasteiger charge is -2.22. The van der Waals surface area contributed by atoms with E-state index in [0.29, 0.717) is 49.7 Å². The lowest BCUT2D eigenvalue weighted by molar-refractivity contribution is 0.0999. The van der Waals surface area contributed by atoms with Crippen molar-refractivity contribution < 1.29 is 22.7 Å². The number of carbonyl (C=O) groups is 1. The Kier molecular flexibility index (Phi) is 8.67. The van der Waals surface area contributed by atoms with Crippen molar-refractivity contribution in [1.82, 2.24) is 4.98 Å². The molecular formula is C26H25Cl2N3O5S2. The normalized spacial score (nSPS) is 11.4. The molecule has 0 unspecified atom stereocenters. The number of unbranched alkanes of at least 4 members (excludes halogenated alkanes) is 1. The van der Waals surface area contributed by atoms with Gasteiger partial charge in [-0.25, -0.2) is 13.4 Å². The maximum absolute atomic E-state index is 13.9. The summed E-state index contributed by atoms with van der Waals surface area (Å²) in [6.45, 7) is 1.93. The zero-order valence-corrected chi connectivity index (χ0v) is 24.0. The highest BCUT2D eigenvalue weighted by Crippen LogP contribution is 2.40. The lowest BCUT2D eigenvalue weighted by atomic mass is 10.1. The molecule has 8 nitrogen and oxygen atoms in total. The minimum Gasteiger partial charge on any atom is -0.493 e. The molecular weight excluding hydrogens is 569 g/mol. The molecule has 1 amide bonds. The van der Waals surface area contributed by atoms with Crippen LogP contribution in [0.15, 0.2) is 54.6 Å². The molecule has 12 heteroatoms. The number of aromatic nitrogens is 1. The van der Waals surface area contributed by atoms with Crippen molar-refractivity contribution in [2.24, 2.45) is 0 Å². The first-order valence-electron chi connectivity index (χ1n) is 11.6. The first-order valence-corrected chi connectivity index (χ1v) is 14.8. The Bertz CT molecular complexity index is 1590. The van der Waals surface area contributed by atoms with Gasteiger partial charge in [-0.15, -0.1) is 0 Å². The van der Waals surface area contributed by atoms with E-state index in [9.17, 15) is 13.2 Å². The molecule has 0 spiro atoms. The molecule has 0 aliphatic heterocycles. The number of halogens is 2. The molecule has 0 atom stereocenters. The first kappa shape index (κ1) is 28.0. The van der Waals surface area contributed by atoms with Gasteiger partial charge in [-0.05, 0) is 55.0 Å². The van der Waals surface area contributed by atoms with Crippen LogP contribution in [-0.2, 0) is 10.0 Å². The maximum Gasteiger partial charge on any atom is 0.266 e.